The summed E-state index contributed by atoms with van der Waals surface area (Å²) in [5.41, 5.74) is 1.20. The Balaban J connectivity index is 1.53. The topological polar surface area (TPSA) is 112 Å². The van der Waals surface area contributed by atoms with Crippen LogP contribution in [0.4, 0.5) is 37.6 Å². The number of alkyl halides is 2. The number of hydrogen-bond donors (Lipinski definition) is 3. The first kappa shape index (κ1) is 26.3. The highest BCUT2D eigenvalue weighted by molar-refractivity contribution is 6.03. The van der Waals surface area contributed by atoms with Gasteiger partial charge in [0.1, 0.15) is 11.4 Å². The van der Waals surface area contributed by atoms with Gasteiger partial charge in [0.15, 0.2) is 5.82 Å². The molecule has 1 fully saturated rings. The number of para-hydroxylation sites is 2. The molecule has 1 saturated heterocycles. The third kappa shape index (κ3) is 5.32. The van der Waals surface area contributed by atoms with Crippen molar-refractivity contribution < 1.29 is 23.1 Å². The number of carbonyl (C=O) groups excluding carboxylic acids is 2. The highest BCUT2D eigenvalue weighted by atomic mass is 19.3. The number of amides is 2. The number of ether oxygens (including phenoxy) is 1. The zero-order valence-corrected chi connectivity index (χ0v) is 21.6. The van der Waals surface area contributed by atoms with Gasteiger partial charge in [-0.05, 0) is 43.7 Å². The van der Waals surface area contributed by atoms with Gasteiger partial charge >= 0.3 is 5.92 Å². The molecule has 2 aromatic carbocycles. The van der Waals surface area contributed by atoms with Crippen molar-refractivity contribution in [1.29, 1.82) is 0 Å². The molecule has 39 heavy (non-hydrogen) atoms. The molecule has 12 heteroatoms. The van der Waals surface area contributed by atoms with Crippen molar-refractivity contribution >= 4 is 40.6 Å². The highest BCUT2D eigenvalue weighted by Gasteiger charge is 2.47. The van der Waals surface area contributed by atoms with E-state index in [4.69, 9.17) is 4.74 Å². The van der Waals surface area contributed by atoms with Crippen molar-refractivity contribution in [2.45, 2.75) is 24.8 Å². The number of hydrogen-bond acceptors (Lipinski definition) is 8. The Morgan fingerprint density at radius 2 is 1.97 bits per heavy atom. The first-order valence-electron chi connectivity index (χ1n) is 12.6. The number of methoxy groups -OCH3 is 1. The van der Waals surface area contributed by atoms with E-state index in [0.29, 0.717) is 29.2 Å². The Hall–Kier alpha value is -4.32. The van der Waals surface area contributed by atoms with Crippen molar-refractivity contribution in [3.05, 3.63) is 60.3 Å². The molecular formula is C27H29F2N7O3. The largest absolute Gasteiger partial charge is 0.495 e. The maximum atomic E-state index is 14.9. The third-order valence-corrected chi connectivity index (χ3v) is 6.77. The lowest BCUT2D eigenvalue weighted by molar-refractivity contribution is -0.140. The monoisotopic (exact) mass is 537 g/mol. The minimum Gasteiger partial charge on any atom is -0.495 e. The van der Waals surface area contributed by atoms with Gasteiger partial charge in [0, 0.05) is 25.3 Å². The average Bonchev–Trinajstić information content (AvgIpc) is 3.02. The van der Waals surface area contributed by atoms with Crippen LogP contribution in [0.15, 0.2) is 54.7 Å². The third-order valence-electron chi connectivity index (χ3n) is 6.77. The molecule has 0 bridgehead atoms. The van der Waals surface area contributed by atoms with Gasteiger partial charge in [-0.15, -0.1) is 0 Å². The van der Waals surface area contributed by atoms with Crippen LogP contribution in [-0.2, 0) is 4.79 Å². The summed E-state index contributed by atoms with van der Waals surface area (Å²) in [7, 11) is 2.74. The Morgan fingerprint density at radius 1 is 1.18 bits per heavy atom. The molecule has 1 aromatic heterocycles. The van der Waals surface area contributed by atoms with Crippen molar-refractivity contribution in [2.75, 3.05) is 48.9 Å². The van der Waals surface area contributed by atoms with Crippen LogP contribution in [0.5, 0.6) is 5.75 Å². The van der Waals surface area contributed by atoms with E-state index in [2.05, 4.69) is 25.9 Å². The number of aromatic nitrogens is 2. The summed E-state index contributed by atoms with van der Waals surface area (Å²) in [6.07, 6.45) is 3.14. The summed E-state index contributed by atoms with van der Waals surface area (Å²) < 4.78 is 35.4. The fourth-order valence-electron chi connectivity index (χ4n) is 4.75. The molecule has 2 aliphatic rings. The lowest BCUT2D eigenvalue weighted by atomic mass is 10.1. The molecule has 2 amide bonds. The van der Waals surface area contributed by atoms with Crippen LogP contribution in [0.2, 0.25) is 0 Å². The van der Waals surface area contributed by atoms with Crippen molar-refractivity contribution in [2.24, 2.45) is 0 Å². The first-order chi connectivity index (χ1) is 18.8. The number of piperidine rings is 1. The molecular weight excluding hydrogens is 508 g/mol. The Kier molecular flexibility index (Phi) is 7.29. The van der Waals surface area contributed by atoms with Crippen LogP contribution < -0.4 is 30.5 Å². The number of nitrogens with zero attached hydrogens (tertiary/aromatic N) is 4. The molecule has 3 aromatic rings. The quantitative estimate of drug-likeness (QED) is 0.439. The van der Waals surface area contributed by atoms with E-state index in [0.717, 1.165) is 24.3 Å². The van der Waals surface area contributed by atoms with E-state index in [1.54, 1.807) is 48.5 Å². The Morgan fingerprint density at radius 3 is 2.69 bits per heavy atom. The average molecular weight is 538 g/mol. The fourth-order valence-corrected chi connectivity index (χ4v) is 4.75. The predicted octanol–water partition coefficient (Wildman–Crippen LogP) is 3.46. The summed E-state index contributed by atoms with van der Waals surface area (Å²) in [5.74, 6) is -4.79. The Labute approximate surface area is 224 Å². The van der Waals surface area contributed by atoms with Crippen LogP contribution in [0.1, 0.15) is 23.2 Å². The van der Waals surface area contributed by atoms with Crippen LogP contribution >= 0.6 is 0 Å². The van der Waals surface area contributed by atoms with E-state index in [9.17, 15) is 18.4 Å². The summed E-state index contributed by atoms with van der Waals surface area (Å²) >= 11 is 0. The van der Waals surface area contributed by atoms with Gasteiger partial charge in [-0.25, -0.2) is 4.98 Å². The molecule has 3 heterocycles. The maximum absolute atomic E-state index is 14.9. The second kappa shape index (κ2) is 10.8. The highest BCUT2D eigenvalue weighted by Crippen LogP contribution is 2.40. The summed E-state index contributed by atoms with van der Waals surface area (Å²) in [6, 6.07) is 13.6. The molecule has 0 spiro atoms. The molecule has 1 unspecified atom stereocenters. The molecule has 2 aliphatic heterocycles. The second-order valence-corrected chi connectivity index (χ2v) is 9.42. The number of anilines is 5. The molecule has 0 saturated carbocycles. The van der Waals surface area contributed by atoms with Gasteiger partial charge in [0.25, 0.3) is 11.8 Å². The molecule has 5 rings (SSSR count). The van der Waals surface area contributed by atoms with E-state index < -0.39 is 18.4 Å². The predicted molar refractivity (Wildman–Crippen MR) is 143 cm³/mol. The van der Waals surface area contributed by atoms with E-state index >= 15 is 0 Å². The first-order valence-corrected chi connectivity index (χ1v) is 12.6. The number of nitrogens with one attached hydrogen (secondary N) is 3. The molecule has 0 radical (unpaired) electrons. The fraction of sp³-hybridized carbons (Fsp3) is 0.333. The molecule has 0 aliphatic carbocycles. The van der Waals surface area contributed by atoms with E-state index in [1.165, 1.54) is 25.3 Å². The lowest BCUT2D eigenvalue weighted by Gasteiger charge is -2.26. The summed E-state index contributed by atoms with van der Waals surface area (Å²) in [6.45, 7) is 0.695. The van der Waals surface area contributed by atoms with Crippen LogP contribution in [0.25, 0.3) is 0 Å². The zero-order chi connectivity index (χ0) is 27.6. The standard InChI is InChI=1S/C27H29F2N7O3/c1-35-20-15-31-26(34-23(20)36(16-27(28,29)25(35)38)18-9-4-3-5-10-18)33-22-19(11-6-12-21(22)39-2)24(37)32-17-8-7-13-30-14-17/h3-6,9-12,15,17,30H,7-8,13-14,16H2,1-2H3,(H,32,37)(H,31,33,34). The van der Waals surface area contributed by atoms with Gasteiger partial charge in [0.05, 0.1) is 31.1 Å². The number of rotatable bonds is 6. The number of fused-ring (bicyclic) bond motifs is 1. The van der Waals surface area contributed by atoms with Gasteiger partial charge < -0.3 is 30.5 Å². The molecule has 1 atom stereocenters. The smallest absolute Gasteiger partial charge is 0.342 e. The number of carbonyl (C=O) groups is 2. The summed E-state index contributed by atoms with van der Waals surface area (Å²) in [5, 5.41) is 9.38. The lowest BCUT2D eigenvalue weighted by Crippen LogP contribution is -2.45. The molecule has 204 valence electrons. The summed E-state index contributed by atoms with van der Waals surface area (Å²) in [4.78, 5) is 36.8. The van der Waals surface area contributed by atoms with Crippen LogP contribution in [0, 0.1) is 0 Å². The van der Waals surface area contributed by atoms with Crippen LogP contribution in [0.3, 0.4) is 0 Å². The van der Waals surface area contributed by atoms with Gasteiger partial charge in [0.2, 0.25) is 5.95 Å². The van der Waals surface area contributed by atoms with Crippen molar-refractivity contribution in [1.82, 2.24) is 20.6 Å². The Bertz CT molecular complexity index is 1370. The maximum Gasteiger partial charge on any atom is 0.342 e. The van der Waals surface area contributed by atoms with Crippen molar-refractivity contribution in [3.63, 3.8) is 0 Å². The van der Waals surface area contributed by atoms with Gasteiger partial charge in [-0.1, -0.05) is 24.3 Å². The zero-order valence-electron chi connectivity index (χ0n) is 21.6. The second-order valence-electron chi connectivity index (χ2n) is 9.42. The van der Waals surface area contributed by atoms with Crippen LogP contribution in [-0.4, -0.2) is 67.5 Å². The minimum absolute atomic E-state index is 0.0109. The van der Waals surface area contributed by atoms with Crippen molar-refractivity contribution in [3.8, 4) is 5.75 Å². The van der Waals surface area contributed by atoms with E-state index in [-0.39, 0.29) is 29.4 Å². The number of halogens is 2. The molecule has 10 nitrogen and oxygen atoms in total. The molecule has 3 N–H and O–H groups in total. The SMILES string of the molecule is COc1cccc(C(=O)NC2CCCNC2)c1Nc1ncc2c(n1)N(c1ccccc1)CC(F)(F)C(=O)N2C. The number of benzene rings is 2. The minimum atomic E-state index is -3.67. The van der Waals surface area contributed by atoms with E-state index in [1.807, 2.05) is 0 Å². The van der Waals surface area contributed by atoms with Gasteiger partial charge in [-0.2, -0.15) is 13.8 Å². The van der Waals surface area contributed by atoms with Gasteiger partial charge in [-0.3, -0.25) is 9.59 Å². The normalized spacial score (nSPS) is 18.7.